The fourth-order valence-electron chi connectivity index (χ4n) is 2.75. The lowest BCUT2D eigenvalue weighted by atomic mass is 10.0. The molecule has 0 amide bonds. The minimum absolute atomic E-state index is 0.105. The highest BCUT2D eigenvalue weighted by Gasteiger charge is 2.38. The van der Waals surface area contributed by atoms with E-state index in [1.807, 2.05) is 12.1 Å². The van der Waals surface area contributed by atoms with Crippen molar-refractivity contribution in [3.05, 3.63) is 104 Å². The normalized spacial score (nSPS) is 10.5. The smallest absolute Gasteiger partial charge is 0.327 e. The van der Waals surface area contributed by atoms with E-state index in [2.05, 4.69) is 20.9 Å². The van der Waals surface area contributed by atoms with Gasteiger partial charge in [0, 0.05) is 16.7 Å². The van der Waals surface area contributed by atoms with Crippen molar-refractivity contribution in [2.75, 3.05) is 0 Å². The van der Waals surface area contributed by atoms with Crippen LogP contribution in [0.3, 0.4) is 0 Å². The summed E-state index contributed by atoms with van der Waals surface area (Å²) in [6.45, 7) is -0.209. The number of esters is 2. The van der Waals surface area contributed by atoms with Gasteiger partial charge in [0.1, 0.15) is 18.9 Å². The van der Waals surface area contributed by atoms with Crippen LogP contribution in [0.15, 0.2) is 77.4 Å². The molecule has 0 aliphatic rings. The second kappa shape index (κ2) is 10.4. The first-order chi connectivity index (χ1) is 15.0. The van der Waals surface area contributed by atoms with Gasteiger partial charge in [0.25, 0.3) is 5.69 Å². The quantitative estimate of drug-likeness (QED) is 0.202. The van der Waals surface area contributed by atoms with Gasteiger partial charge >= 0.3 is 11.9 Å². The van der Waals surface area contributed by atoms with Crippen molar-refractivity contribution < 1.29 is 24.0 Å². The van der Waals surface area contributed by atoms with Crippen LogP contribution in [0.25, 0.3) is 0 Å². The molecule has 0 saturated carbocycles. The molecular weight excluding hydrogens is 468 g/mol. The second-order valence-corrected chi connectivity index (χ2v) is 7.35. The van der Waals surface area contributed by atoms with Gasteiger partial charge in [-0.15, -0.1) is 0 Å². The third kappa shape index (κ3) is 5.95. The van der Waals surface area contributed by atoms with Gasteiger partial charge < -0.3 is 9.47 Å². The lowest BCUT2D eigenvalue weighted by molar-refractivity contribution is -0.386. The zero-order valence-electron chi connectivity index (χ0n) is 16.1. The van der Waals surface area contributed by atoms with Gasteiger partial charge in [0.15, 0.2) is 0 Å². The minimum Gasteiger partial charge on any atom is -0.460 e. The van der Waals surface area contributed by atoms with Crippen LogP contribution in [-0.2, 0) is 32.3 Å². The summed E-state index contributed by atoms with van der Waals surface area (Å²) in [5, 5.41) is 11.5. The fourth-order valence-corrected chi connectivity index (χ4v) is 3.07. The number of hydrogen-bond donors (Lipinski definition) is 0. The first kappa shape index (κ1) is 22.1. The average Bonchev–Trinajstić information content (AvgIpc) is 2.78. The number of carbonyl (C=O) groups is 2. The van der Waals surface area contributed by atoms with Gasteiger partial charge in [-0.2, -0.15) is 0 Å². The predicted molar refractivity (Wildman–Crippen MR) is 114 cm³/mol. The summed E-state index contributed by atoms with van der Waals surface area (Å²) in [6.07, 6.45) is 1.27. The zero-order valence-corrected chi connectivity index (χ0v) is 17.7. The van der Waals surface area contributed by atoms with Crippen molar-refractivity contribution in [2.45, 2.75) is 19.1 Å². The molecule has 1 heterocycles. The number of pyridine rings is 1. The van der Waals surface area contributed by atoms with Gasteiger partial charge in [-0.05, 0) is 27.1 Å². The molecule has 0 unspecified atom stereocenters. The Bertz CT molecular complexity index is 1020. The Balaban J connectivity index is 1.87. The number of nitrogens with zero attached hydrogens (tertiary/aromatic N) is 2. The Morgan fingerprint density at radius 2 is 1.42 bits per heavy atom. The highest BCUT2D eigenvalue weighted by molar-refractivity contribution is 9.10. The van der Waals surface area contributed by atoms with Crippen LogP contribution < -0.4 is 0 Å². The first-order valence-electron chi connectivity index (χ1n) is 9.16. The summed E-state index contributed by atoms with van der Waals surface area (Å²) in [4.78, 5) is 40.4. The van der Waals surface area contributed by atoms with Crippen molar-refractivity contribution in [3.63, 3.8) is 0 Å². The summed E-state index contributed by atoms with van der Waals surface area (Å²) < 4.78 is 10.9. The van der Waals surface area contributed by atoms with Gasteiger partial charge in [-0.25, -0.2) is 0 Å². The van der Waals surface area contributed by atoms with Crippen molar-refractivity contribution in [2.24, 2.45) is 0 Å². The average molecular weight is 485 g/mol. The van der Waals surface area contributed by atoms with Crippen LogP contribution in [0.5, 0.6) is 0 Å². The van der Waals surface area contributed by atoms with Crippen LogP contribution in [0, 0.1) is 10.1 Å². The molecule has 9 heteroatoms. The lowest BCUT2D eigenvalue weighted by Crippen LogP contribution is -2.27. The molecule has 0 aliphatic heterocycles. The molecule has 0 bridgehead atoms. The Hall–Kier alpha value is -3.59. The van der Waals surface area contributed by atoms with E-state index in [9.17, 15) is 19.7 Å². The summed E-state index contributed by atoms with van der Waals surface area (Å²) in [5.74, 6) is -3.68. The molecule has 0 radical (unpaired) electrons. The molecule has 0 aliphatic carbocycles. The van der Waals surface area contributed by atoms with Crippen molar-refractivity contribution >= 4 is 33.6 Å². The molecule has 8 nitrogen and oxygen atoms in total. The molecule has 31 heavy (non-hydrogen) atoms. The number of nitro groups is 1. The van der Waals surface area contributed by atoms with Crippen LogP contribution in [0.4, 0.5) is 5.69 Å². The monoisotopic (exact) mass is 484 g/mol. The molecule has 0 spiro atoms. The van der Waals surface area contributed by atoms with Crippen LogP contribution >= 0.6 is 15.9 Å². The summed E-state index contributed by atoms with van der Waals surface area (Å²) in [6, 6.07) is 18.9. The number of ether oxygens (including phenoxy) is 2. The van der Waals surface area contributed by atoms with E-state index in [4.69, 9.17) is 9.47 Å². The number of hydrogen-bond acceptors (Lipinski definition) is 7. The highest BCUT2D eigenvalue weighted by atomic mass is 79.9. The van der Waals surface area contributed by atoms with E-state index in [0.29, 0.717) is 15.6 Å². The fraction of sp³-hybridized carbons (Fsp3) is 0.136. The molecule has 0 atom stereocenters. The van der Waals surface area contributed by atoms with Crippen LogP contribution in [0.2, 0.25) is 0 Å². The SMILES string of the molecule is O=C(OCc1ccccc1)C(C(=O)OCc1ccccc1)c1ncc(Br)cc1[N+](=O)[O-]. The minimum atomic E-state index is -1.71. The van der Waals surface area contributed by atoms with Crippen molar-refractivity contribution in [3.8, 4) is 0 Å². The Kier molecular flexibility index (Phi) is 7.45. The van der Waals surface area contributed by atoms with Gasteiger partial charge in [0.05, 0.1) is 4.92 Å². The molecule has 3 rings (SSSR count). The van der Waals surface area contributed by atoms with Gasteiger partial charge in [0.2, 0.25) is 5.92 Å². The largest absolute Gasteiger partial charge is 0.460 e. The third-order valence-electron chi connectivity index (χ3n) is 4.25. The summed E-state index contributed by atoms with van der Waals surface area (Å²) in [5.41, 5.74) is 0.563. The summed E-state index contributed by atoms with van der Waals surface area (Å²) in [7, 11) is 0. The maximum Gasteiger partial charge on any atom is 0.327 e. The van der Waals surface area contributed by atoms with Gasteiger partial charge in [-0.1, -0.05) is 60.7 Å². The molecule has 3 aromatic rings. The molecule has 158 valence electrons. The van der Waals surface area contributed by atoms with Crippen LogP contribution in [0.1, 0.15) is 22.7 Å². The van der Waals surface area contributed by atoms with E-state index in [1.165, 1.54) is 12.3 Å². The number of aromatic nitrogens is 1. The standard InChI is InChI=1S/C22H17BrN2O6/c23-17-11-18(25(28)29)20(24-12-17)19(21(26)30-13-15-7-3-1-4-8-15)22(27)31-14-16-9-5-2-6-10-16/h1-12,19H,13-14H2. The third-order valence-corrected chi connectivity index (χ3v) is 4.69. The molecular formula is C22H17BrN2O6. The molecule has 1 aromatic heterocycles. The number of halogens is 1. The Morgan fingerprint density at radius 3 is 1.87 bits per heavy atom. The van der Waals surface area contributed by atoms with E-state index in [-0.39, 0.29) is 18.9 Å². The Morgan fingerprint density at radius 1 is 0.935 bits per heavy atom. The van der Waals surface area contributed by atoms with E-state index < -0.39 is 28.5 Å². The maximum atomic E-state index is 12.8. The second-order valence-electron chi connectivity index (χ2n) is 6.43. The molecule has 0 fully saturated rings. The van der Waals surface area contributed by atoms with Gasteiger partial charge in [-0.3, -0.25) is 24.7 Å². The number of benzene rings is 2. The van der Waals surface area contributed by atoms with Crippen molar-refractivity contribution in [1.29, 1.82) is 0 Å². The van der Waals surface area contributed by atoms with Crippen LogP contribution in [-0.4, -0.2) is 21.8 Å². The number of carbonyl (C=O) groups excluding carboxylic acids is 2. The summed E-state index contributed by atoms with van der Waals surface area (Å²) >= 11 is 3.11. The van der Waals surface area contributed by atoms with E-state index in [1.54, 1.807) is 48.5 Å². The lowest BCUT2D eigenvalue weighted by Gasteiger charge is -2.15. The maximum absolute atomic E-state index is 12.8. The molecule has 0 saturated heterocycles. The topological polar surface area (TPSA) is 109 Å². The predicted octanol–water partition coefficient (Wildman–Crippen LogP) is 4.32. The first-order valence-corrected chi connectivity index (χ1v) is 9.96. The van der Waals surface area contributed by atoms with Crippen molar-refractivity contribution in [1.82, 2.24) is 4.98 Å². The zero-order chi connectivity index (χ0) is 22.2. The number of rotatable bonds is 8. The molecule has 0 N–H and O–H groups in total. The van der Waals surface area contributed by atoms with E-state index in [0.717, 1.165) is 0 Å². The van der Waals surface area contributed by atoms with E-state index >= 15 is 0 Å². The Labute approximate surface area is 186 Å². The highest BCUT2D eigenvalue weighted by Crippen LogP contribution is 2.30. The molecule has 2 aromatic carbocycles.